The minimum absolute atomic E-state index is 0.106. The summed E-state index contributed by atoms with van der Waals surface area (Å²) in [6.07, 6.45) is 0. The summed E-state index contributed by atoms with van der Waals surface area (Å²) in [6.45, 7) is 2.07. The Morgan fingerprint density at radius 1 is 1.00 bits per heavy atom. The zero-order chi connectivity index (χ0) is 12.3. The number of aromatic amines is 1. The van der Waals surface area contributed by atoms with Gasteiger partial charge in [-0.05, 0) is 24.6 Å². The highest BCUT2D eigenvalue weighted by Gasteiger charge is 2.29. The van der Waals surface area contributed by atoms with E-state index in [9.17, 15) is 4.79 Å². The number of ketones is 1. The molecule has 2 aromatic carbocycles. The molecule has 1 aliphatic rings. The molecule has 0 unspecified atom stereocenters. The van der Waals surface area contributed by atoms with Crippen molar-refractivity contribution in [1.82, 2.24) is 4.98 Å². The molecule has 0 aliphatic heterocycles. The number of rotatable bonds is 0. The van der Waals surface area contributed by atoms with E-state index in [-0.39, 0.29) is 5.78 Å². The van der Waals surface area contributed by atoms with Crippen LogP contribution < -0.4 is 0 Å². The summed E-state index contributed by atoms with van der Waals surface area (Å²) in [5.41, 5.74) is 5.90. The van der Waals surface area contributed by atoms with Gasteiger partial charge in [0, 0.05) is 22.0 Å². The van der Waals surface area contributed by atoms with Crippen LogP contribution in [0.2, 0.25) is 0 Å². The van der Waals surface area contributed by atoms with Crippen molar-refractivity contribution < 1.29 is 4.79 Å². The smallest absolute Gasteiger partial charge is 0.210 e. The molecule has 0 saturated heterocycles. The van der Waals surface area contributed by atoms with Crippen LogP contribution in [0, 0.1) is 6.92 Å². The van der Waals surface area contributed by atoms with Gasteiger partial charge in [0.15, 0.2) is 0 Å². The molecule has 0 bridgehead atoms. The minimum atomic E-state index is 0.106. The molecule has 0 spiro atoms. The van der Waals surface area contributed by atoms with E-state index in [4.69, 9.17) is 0 Å². The molecule has 0 radical (unpaired) electrons. The molecule has 1 heterocycles. The first-order chi connectivity index (χ1) is 8.75. The highest BCUT2D eigenvalue weighted by atomic mass is 16.1. The summed E-state index contributed by atoms with van der Waals surface area (Å²) in [5, 5.41) is 1.14. The summed E-state index contributed by atoms with van der Waals surface area (Å²) in [6, 6.07) is 14.1. The number of fused-ring (bicyclic) bond motifs is 5. The lowest BCUT2D eigenvalue weighted by molar-refractivity contribution is 0.103. The van der Waals surface area contributed by atoms with Gasteiger partial charge in [0.25, 0.3) is 0 Å². The lowest BCUT2D eigenvalue weighted by Gasteiger charge is -2.00. The third-order valence-electron chi connectivity index (χ3n) is 3.62. The van der Waals surface area contributed by atoms with E-state index in [2.05, 4.69) is 24.0 Å². The molecule has 1 N–H and O–H groups in total. The first kappa shape index (κ1) is 9.66. The monoisotopic (exact) mass is 233 g/mol. The van der Waals surface area contributed by atoms with Crippen molar-refractivity contribution in [1.29, 1.82) is 0 Å². The largest absolute Gasteiger partial charge is 0.351 e. The van der Waals surface area contributed by atoms with E-state index in [0.717, 1.165) is 33.3 Å². The van der Waals surface area contributed by atoms with E-state index in [1.54, 1.807) is 0 Å². The first-order valence-corrected chi connectivity index (χ1v) is 6.02. The summed E-state index contributed by atoms with van der Waals surface area (Å²) < 4.78 is 0. The Balaban J connectivity index is 2.19. The van der Waals surface area contributed by atoms with Crippen LogP contribution >= 0.6 is 0 Å². The summed E-state index contributed by atoms with van der Waals surface area (Å²) in [5.74, 6) is 0.106. The Hall–Kier alpha value is -2.35. The van der Waals surface area contributed by atoms with Crippen LogP contribution in [0.4, 0.5) is 0 Å². The molecule has 0 atom stereocenters. The summed E-state index contributed by atoms with van der Waals surface area (Å²) >= 11 is 0. The average Bonchev–Trinajstić information content (AvgIpc) is 2.87. The van der Waals surface area contributed by atoms with Gasteiger partial charge in [-0.25, -0.2) is 0 Å². The second kappa shape index (κ2) is 3.10. The van der Waals surface area contributed by atoms with E-state index >= 15 is 0 Å². The van der Waals surface area contributed by atoms with Crippen LogP contribution in [-0.2, 0) is 0 Å². The Kier molecular flexibility index (Phi) is 1.67. The van der Waals surface area contributed by atoms with E-state index < -0.39 is 0 Å². The minimum Gasteiger partial charge on any atom is -0.351 e. The van der Waals surface area contributed by atoms with E-state index in [1.165, 1.54) is 5.56 Å². The zero-order valence-corrected chi connectivity index (χ0v) is 9.95. The SMILES string of the molecule is Cc1ccc2[nH]c3c(c2c1)-c1ccccc1C3=O. The number of hydrogen-bond acceptors (Lipinski definition) is 1. The molecule has 4 rings (SSSR count). The van der Waals surface area contributed by atoms with Crippen molar-refractivity contribution in [2.75, 3.05) is 0 Å². The van der Waals surface area contributed by atoms with Crippen LogP contribution in [0.15, 0.2) is 42.5 Å². The predicted molar refractivity (Wildman–Crippen MR) is 71.9 cm³/mol. The van der Waals surface area contributed by atoms with Gasteiger partial charge in [-0.15, -0.1) is 0 Å². The molecule has 0 amide bonds. The predicted octanol–water partition coefficient (Wildman–Crippen LogP) is 3.69. The van der Waals surface area contributed by atoms with Crippen molar-refractivity contribution in [3.8, 4) is 11.1 Å². The van der Waals surface area contributed by atoms with Crippen molar-refractivity contribution in [2.24, 2.45) is 0 Å². The normalized spacial score (nSPS) is 12.8. The number of benzene rings is 2. The van der Waals surface area contributed by atoms with Gasteiger partial charge in [0.05, 0.1) is 5.69 Å². The molecule has 2 heteroatoms. The quantitative estimate of drug-likeness (QED) is 0.493. The van der Waals surface area contributed by atoms with Crippen molar-refractivity contribution in [3.63, 3.8) is 0 Å². The number of hydrogen-bond donors (Lipinski definition) is 1. The molecule has 18 heavy (non-hydrogen) atoms. The Labute approximate surface area is 104 Å². The maximum atomic E-state index is 12.3. The fourth-order valence-electron chi connectivity index (χ4n) is 2.79. The van der Waals surface area contributed by atoms with Gasteiger partial charge >= 0.3 is 0 Å². The summed E-state index contributed by atoms with van der Waals surface area (Å²) in [7, 11) is 0. The maximum absolute atomic E-state index is 12.3. The molecule has 0 saturated carbocycles. The van der Waals surface area contributed by atoms with Crippen LogP contribution in [-0.4, -0.2) is 10.8 Å². The van der Waals surface area contributed by atoms with Crippen molar-refractivity contribution in [2.45, 2.75) is 6.92 Å². The Morgan fingerprint density at radius 3 is 2.61 bits per heavy atom. The second-order valence-corrected chi connectivity index (χ2v) is 4.80. The first-order valence-electron chi connectivity index (χ1n) is 6.02. The fourth-order valence-corrected chi connectivity index (χ4v) is 2.79. The zero-order valence-electron chi connectivity index (χ0n) is 9.95. The number of aryl methyl sites for hydroxylation is 1. The molecule has 2 nitrogen and oxygen atoms in total. The summed E-state index contributed by atoms with van der Waals surface area (Å²) in [4.78, 5) is 15.6. The number of carbonyl (C=O) groups is 1. The molecule has 1 aromatic heterocycles. The van der Waals surface area contributed by atoms with Crippen LogP contribution in [0.1, 0.15) is 21.6 Å². The highest BCUT2D eigenvalue weighted by Crippen LogP contribution is 2.41. The lowest BCUT2D eigenvalue weighted by atomic mass is 10.0. The second-order valence-electron chi connectivity index (χ2n) is 4.80. The van der Waals surface area contributed by atoms with Gasteiger partial charge in [-0.1, -0.05) is 35.9 Å². The van der Waals surface area contributed by atoms with Gasteiger partial charge < -0.3 is 4.98 Å². The van der Waals surface area contributed by atoms with E-state index in [0.29, 0.717) is 0 Å². The number of aromatic nitrogens is 1. The average molecular weight is 233 g/mol. The van der Waals surface area contributed by atoms with Crippen molar-refractivity contribution >= 4 is 16.7 Å². The molecule has 3 aromatic rings. The number of carbonyl (C=O) groups excluding carboxylic acids is 1. The van der Waals surface area contributed by atoms with Crippen LogP contribution in [0.5, 0.6) is 0 Å². The van der Waals surface area contributed by atoms with Gasteiger partial charge in [0.2, 0.25) is 5.78 Å². The van der Waals surface area contributed by atoms with Gasteiger partial charge in [-0.2, -0.15) is 0 Å². The van der Waals surface area contributed by atoms with Crippen molar-refractivity contribution in [3.05, 3.63) is 59.3 Å². The van der Waals surface area contributed by atoms with Crippen LogP contribution in [0.25, 0.3) is 22.0 Å². The van der Waals surface area contributed by atoms with Gasteiger partial charge in [0.1, 0.15) is 0 Å². The number of nitrogens with one attached hydrogen (secondary N) is 1. The molecule has 1 aliphatic carbocycles. The third kappa shape index (κ3) is 1.05. The highest BCUT2D eigenvalue weighted by molar-refractivity contribution is 6.25. The fraction of sp³-hybridized carbons (Fsp3) is 0.0625. The standard InChI is InChI=1S/C16H11NO/c1-9-6-7-13-12(8-9)14-10-4-2-3-5-11(10)16(18)15(14)17-13/h2-8,17H,1H3. The molecule has 86 valence electrons. The lowest BCUT2D eigenvalue weighted by Crippen LogP contribution is -1.95. The number of H-pyrrole nitrogens is 1. The third-order valence-corrected chi connectivity index (χ3v) is 3.62. The molecular formula is C16H11NO. The van der Waals surface area contributed by atoms with Crippen LogP contribution in [0.3, 0.4) is 0 Å². The topological polar surface area (TPSA) is 32.9 Å². The van der Waals surface area contributed by atoms with E-state index in [1.807, 2.05) is 30.3 Å². The molecule has 0 fully saturated rings. The Bertz CT molecular complexity index is 811. The Morgan fingerprint density at radius 2 is 1.78 bits per heavy atom. The molecular weight excluding hydrogens is 222 g/mol. The maximum Gasteiger partial charge on any atom is 0.210 e. The van der Waals surface area contributed by atoms with Gasteiger partial charge in [-0.3, -0.25) is 4.79 Å².